The molecule has 0 fully saturated rings. The fourth-order valence-electron chi connectivity index (χ4n) is 1.17. The van der Waals surface area contributed by atoms with Crippen molar-refractivity contribution in [1.82, 2.24) is 9.97 Å². The number of carboxylic acid groups (broad SMARTS) is 1. The van der Waals surface area contributed by atoms with Crippen molar-refractivity contribution in [1.29, 1.82) is 0 Å². The van der Waals surface area contributed by atoms with Gasteiger partial charge in [0.05, 0.1) is 17.3 Å². The molecule has 0 saturated carbocycles. The Balaban J connectivity index is 2.83. The maximum atomic E-state index is 10.7. The molecule has 0 saturated heterocycles. The van der Waals surface area contributed by atoms with Gasteiger partial charge in [0.1, 0.15) is 0 Å². The molecule has 4 nitrogen and oxygen atoms in total. The number of nitrogens with zero attached hydrogens (tertiary/aromatic N) is 2. The van der Waals surface area contributed by atoms with Crippen LogP contribution < -0.4 is 0 Å². The SMILES string of the molecule is O=C(O)c1cncc2ncccc12. The standard InChI is InChI=1S/C9H6N2O2/c12-9(13)7-4-10-5-8-6(7)2-1-3-11-8/h1-5H,(H,12,13). The van der Waals surface area contributed by atoms with E-state index in [1.807, 2.05) is 0 Å². The monoisotopic (exact) mass is 174 g/mol. The third-order valence-corrected chi connectivity index (χ3v) is 1.76. The van der Waals surface area contributed by atoms with Crippen molar-refractivity contribution in [2.24, 2.45) is 0 Å². The molecule has 0 aromatic carbocycles. The van der Waals surface area contributed by atoms with Gasteiger partial charge < -0.3 is 5.11 Å². The number of carbonyl (C=O) groups is 1. The minimum absolute atomic E-state index is 0.186. The third-order valence-electron chi connectivity index (χ3n) is 1.76. The predicted octanol–water partition coefficient (Wildman–Crippen LogP) is 1.33. The number of aromatic carboxylic acids is 1. The highest BCUT2D eigenvalue weighted by atomic mass is 16.4. The molecule has 0 aliphatic heterocycles. The van der Waals surface area contributed by atoms with Gasteiger partial charge in [-0.1, -0.05) is 6.07 Å². The van der Waals surface area contributed by atoms with Crippen molar-refractivity contribution in [2.45, 2.75) is 0 Å². The quantitative estimate of drug-likeness (QED) is 0.708. The van der Waals surface area contributed by atoms with Crippen LogP contribution in [0.5, 0.6) is 0 Å². The molecule has 0 unspecified atom stereocenters. The summed E-state index contributed by atoms with van der Waals surface area (Å²) in [5.74, 6) is -0.980. The topological polar surface area (TPSA) is 63.1 Å². The van der Waals surface area contributed by atoms with E-state index in [-0.39, 0.29) is 5.56 Å². The van der Waals surface area contributed by atoms with Crippen molar-refractivity contribution in [3.63, 3.8) is 0 Å². The molecule has 64 valence electrons. The summed E-state index contributed by atoms with van der Waals surface area (Å²) in [6.07, 6.45) is 4.48. The smallest absolute Gasteiger partial charge is 0.337 e. The predicted molar refractivity (Wildman–Crippen MR) is 46.5 cm³/mol. The van der Waals surface area contributed by atoms with Crippen LogP contribution in [0.3, 0.4) is 0 Å². The first-order valence-electron chi connectivity index (χ1n) is 3.71. The molecule has 4 heteroatoms. The summed E-state index contributed by atoms with van der Waals surface area (Å²) in [4.78, 5) is 18.5. The molecule has 2 aromatic heterocycles. The number of pyridine rings is 2. The maximum absolute atomic E-state index is 10.7. The molecule has 0 aliphatic rings. The van der Waals surface area contributed by atoms with Crippen LogP contribution in [0, 0.1) is 0 Å². The highest BCUT2D eigenvalue weighted by Crippen LogP contribution is 2.14. The lowest BCUT2D eigenvalue weighted by atomic mass is 10.1. The Morgan fingerprint density at radius 1 is 1.38 bits per heavy atom. The minimum Gasteiger partial charge on any atom is -0.478 e. The Kier molecular flexibility index (Phi) is 1.66. The molecule has 2 aromatic rings. The summed E-state index contributed by atoms with van der Waals surface area (Å²) in [6.45, 7) is 0. The Hall–Kier alpha value is -1.97. The number of hydrogen-bond donors (Lipinski definition) is 1. The number of fused-ring (bicyclic) bond motifs is 1. The van der Waals surface area contributed by atoms with Gasteiger partial charge in [-0.05, 0) is 6.07 Å². The van der Waals surface area contributed by atoms with Crippen molar-refractivity contribution in [3.8, 4) is 0 Å². The highest BCUT2D eigenvalue weighted by Gasteiger charge is 2.07. The van der Waals surface area contributed by atoms with E-state index in [0.29, 0.717) is 10.9 Å². The van der Waals surface area contributed by atoms with E-state index < -0.39 is 5.97 Å². The average molecular weight is 174 g/mol. The van der Waals surface area contributed by atoms with Crippen LogP contribution >= 0.6 is 0 Å². The van der Waals surface area contributed by atoms with Gasteiger partial charge in [-0.3, -0.25) is 9.97 Å². The molecule has 1 N–H and O–H groups in total. The van der Waals surface area contributed by atoms with Crippen LogP contribution in [0.4, 0.5) is 0 Å². The molecule has 13 heavy (non-hydrogen) atoms. The van der Waals surface area contributed by atoms with Gasteiger partial charge in [0, 0.05) is 17.8 Å². The summed E-state index contributed by atoms with van der Waals surface area (Å²) in [5, 5.41) is 9.43. The van der Waals surface area contributed by atoms with Crippen LogP contribution in [0.25, 0.3) is 10.9 Å². The zero-order chi connectivity index (χ0) is 9.26. The van der Waals surface area contributed by atoms with Gasteiger partial charge in [-0.15, -0.1) is 0 Å². The molecule has 2 rings (SSSR count). The first-order chi connectivity index (χ1) is 6.29. The Morgan fingerprint density at radius 3 is 3.00 bits per heavy atom. The lowest BCUT2D eigenvalue weighted by Gasteiger charge is -1.98. The zero-order valence-corrected chi connectivity index (χ0v) is 6.64. The molecule has 0 spiro atoms. The van der Waals surface area contributed by atoms with E-state index in [9.17, 15) is 4.79 Å². The number of rotatable bonds is 1. The second-order valence-electron chi connectivity index (χ2n) is 2.56. The van der Waals surface area contributed by atoms with E-state index in [0.717, 1.165) is 0 Å². The number of carboxylic acids is 1. The zero-order valence-electron chi connectivity index (χ0n) is 6.64. The lowest BCUT2D eigenvalue weighted by molar-refractivity contribution is 0.0698. The molecule has 0 radical (unpaired) electrons. The fraction of sp³-hybridized carbons (Fsp3) is 0. The van der Waals surface area contributed by atoms with Crippen LogP contribution in [0.15, 0.2) is 30.7 Å². The Labute approximate surface area is 73.9 Å². The second-order valence-corrected chi connectivity index (χ2v) is 2.56. The highest BCUT2D eigenvalue weighted by molar-refractivity contribution is 6.01. The molecule has 0 amide bonds. The Bertz CT molecular complexity index is 463. The van der Waals surface area contributed by atoms with Crippen LogP contribution in [-0.4, -0.2) is 21.0 Å². The maximum Gasteiger partial charge on any atom is 0.337 e. The third kappa shape index (κ3) is 1.22. The molecular weight excluding hydrogens is 168 g/mol. The van der Waals surface area contributed by atoms with Gasteiger partial charge in [0.25, 0.3) is 0 Å². The first kappa shape index (κ1) is 7.67. The average Bonchev–Trinajstić information content (AvgIpc) is 2.17. The van der Waals surface area contributed by atoms with E-state index in [1.54, 1.807) is 24.5 Å². The molecule has 0 atom stereocenters. The van der Waals surface area contributed by atoms with Crippen molar-refractivity contribution >= 4 is 16.9 Å². The van der Waals surface area contributed by atoms with Crippen molar-refractivity contribution < 1.29 is 9.90 Å². The minimum atomic E-state index is -0.980. The summed E-state index contributed by atoms with van der Waals surface area (Å²) in [5.41, 5.74) is 0.785. The number of hydrogen-bond acceptors (Lipinski definition) is 3. The molecule has 0 aliphatic carbocycles. The van der Waals surface area contributed by atoms with Crippen LogP contribution in [0.2, 0.25) is 0 Å². The van der Waals surface area contributed by atoms with Crippen LogP contribution in [-0.2, 0) is 0 Å². The van der Waals surface area contributed by atoms with Crippen LogP contribution in [0.1, 0.15) is 10.4 Å². The Morgan fingerprint density at radius 2 is 2.23 bits per heavy atom. The van der Waals surface area contributed by atoms with Crippen molar-refractivity contribution in [3.05, 3.63) is 36.3 Å². The summed E-state index contributed by atoms with van der Waals surface area (Å²) < 4.78 is 0. The van der Waals surface area contributed by atoms with E-state index >= 15 is 0 Å². The van der Waals surface area contributed by atoms with Gasteiger partial charge in [-0.2, -0.15) is 0 Å². The summed E-state index contributed by atoms with van der Waals surface area (Å²) in [6, 6.07) is 3.42. The van der Waals surface area contributed by atoms with E-state index in [2.05, 4.69) is 9.97 Å². The molecule has 2 heterocycles. The number of aromatic nitrogens is 2. The van der Waals surface area contributed by atoms with Gasteiger partial charge >= 0.3 is 5.97 Å². The first-order valence-corrected chi connectivity index (χ1v) is 3.71. The fourth-order valence-corrected chi connectivity index (χ4v) is 1.17. The summed E-state index contributed by atoms with van der Waals surface area (Å²) in [7, 11) is 0. The second kappa shape index (κ2) is 2.82. The largest absolute Gasteiger partial charge is 0.478 e. The molecule has 0 bridgehead atoms. The summed E-state index contributed by atoms with van der Waals surface area (Å²) >= 11 is 0. The van der Waals surface area contributed by atoms with E-state index in [4.69, 9.17) is 5.11 Å². The van der Waals surface area contributed by atoms with E-state index in [1.165, 1.54) is 6.20 Å². The van der Waals surface area contributed by atoms with Gasteiger partial charge in [-0.25, -0.2) is 4.79 Å². The van der Waals surface area contributed by atoms with Crippen molar-refractivity contribution in [2.75, 3.05) is 0 Å². The molecular formula is C9H6N2O2. The van der Waals surface area contributed by atoms with Gasteiger partial charge in [0.15, 0.2) is 0 Å². The van der Waals surface area contributed by atoms with Gasteiger partial charge in [0.2, 0.25) is 0 Å². The normalized spacial score (nSPS) is 10.2. The lowest BCUT2D eigenvalue weighted by Crippen LogP contribution is -1.98.